The standard InChI is InChI=1S/C18H13N5/c1-13-22-17-9-15(21-12-14(10-19)11-20)7-8-18(17)23(13)16-5-3-2-4-6-16/h2-9,12,21H,1H3. The number of aromatic nitrogens is 2. The maximum Gasteiger partial charge on any atom is 0.145 e. The molecular formula is C18H13N5. The lowest BCUT2D eigenvalue weighted by atomic mass is 10.2. The summed E-state index contributed by atoms with van der Waals surface area (Å²) in [5, 5.41) is 20.4. The SMILES string of the molecule is Cc1nc2cc(NC=C(C#N)C#N)ccc2n1-c1ccccc1. The molecule has 0 radical (unpaired) electrons. The first kappa shape index (κ1) is 14.4. The summed E-state index contributed by atoms with van der Waals surface area (Å²) in [6.45, 7) is 1.96. The van der Waals surface area contributed by atoms with Crippen LogP contribution in [0.1, 0.15) is 5.82 Å². The van der Waals surface area contributed by atoms with E-state index in [0.717, 1.165) is 28.2 Å². The number of hydrogen-bond donors (Lipinski definition) is 1. The summed E-state index contributed by atoms with van der Waals surface area (Å²) in [7, 11) is 0. The molecule has 0 aliphatic heterocycles. The first-order chi connectivity index (χ1) is 11.2. The molecule has 0 unspecified atom stereocenters. The number of para-hydroxylation sites is 1. The van der Waals surface area contributed by atoms with Crippen molar-refractivity contribution in [1.29, 1.82) is 10.5 Å². The number of allylic oxidation sites excluding steroid dienone is 1. The molecule has 0 saturated heterocycles. The summed E-state index contributed by atoms with van der Waals surface area (Å²) in [5.74, 6) is 0.897. The Labute approximate surface area is 133 Å². The number of hydrogen-bond acceptors (Lipinski definition) is 4. The van der Waals surface area contributed by atoms with Crippen LogP contribution < -0.4 is 5.32 Å². The van der Waals surface area contributed by atoms with E-state index in [-0.39, 0.29) is 5.57 Å². The topological polar surface area (TPSA) is 77.4 Å². The van der Waals surface area contributed by atoms with Crippen LogP contribution in [0.5, 0.6) is 0 Å². The zero-order valence-corrected chi connectivity index (χ0v) is 12.5. The normalized spacial score (nSPS) is 9.87. The smallest absolute Gasteiger partial charge is 0.145 e. The maximum absolute atomic E-state index is 8.75. The number of rotatable bonds is 3. The Morgan fingerprint density at radius 3 is 2.57 bits per heavy atom. The molecule has 2 aromatic carbocycles. The van der Waals surface area contributed by atoms with Gasteiger partial charge < -0.3 is 5.32 Å². The number of imidazole rings is 1. The fourth-order valence-electron chi connectivity index (χ4n) is 2.44. The Morgan fingerprint density at radius 2 is 1.87 bits per heavy atom. The van der Waals surface area contributed by atoms with Crippen LogP contribution >= 0.6 is 0 Å². The van der Waals surface area contributed by atoms with E-state index < -0.39 is 0 Å². The molecule has 0 saturated carbocycles. The number of aryl methyl sites for hydroxylation is 1. The van der Waals surface area contributed by atoms with Crippen LogP contribution in [0.2, 0.25) is 0 Å². The summed E-state index contributed by atoms with van der Waals surface area (Å²) in [4.78, 5) is 4.59. The van der Waals surface area contributed by atoms with Crippen LogP contribution in [0, 0.1) is 29.6 Å². The van der Waals surface area contributed by atoms with Crippen LogP contribution in [0.4, 0.5) is 5.69 Å². The number of fused-ring (bicyclic) bond motifs is 1. The number of benzene rings is 2. The Bertz CT molecular complexity index is 952. The highest BCUT2D eigenvalue weighted by atomic mass is 15.1. The summed E-state index contributed by atoms with van der Waals surface area (Å²) >= 11 is 0. The lowest BCUT2D eigenvalue weighted by Crippen LogP contribution is -1.96. The van der Waals surface area contributed by atoms with E-state index in [4.69, 9.17) is 10.5 Å². The number of nitriles is 2. The quantitative estimate of drug-likeness (QED) is 0.748. The number of nitrogens with zero attached hydrogens (tertiary/aromatic N) is 4. The molecule has 0 spiro atoms. The molecule has 23 heavy (non-hydrogen) atoms. The average molecular weight is 299 g/mol. The second-order valence-corrected chi connectivity index (χ2v) is 4.96. The third kappa shape index (κ3) is 2.76. The first-order valence-corrected chi connectivity index (χ1v) is 7.04. The van der Waals surface area contributed by atoms with Gasteiger partial charge in [0.05, 0.1) is 11.0 Å². The minimum absolute atomic E-state index is 0.0242. The molecule has 5 heteroatoms. The van der Waals surface area contributed by atoms with Gasteiger partial charge in [0.2, 0.25) is 0 Å². The Balaban J connectivity index is 2.02. The van der Waals surface area contributed by atoms with Crippen LogP contribution in [0.15, 0.2) is 60.3 Å². The van der Waals surface area contributed by atoms with Gasteiger partial charge in [0.1, 0.15) is 23.5 Å². The highest BCUT2D eigenvalue weighted by molar-refractivity contribution is 5.82. The Kier molecular flexibility index (Phi) is 3.78. The minimum Gasteiger partial charge on any atom is -0.360 e. The van der Waals surface area contributed by atoms with Crippen LogP contribution in [-0.2, 0) is 0 Å². The zero-order valence-electron chi connectivity index (χ0n) is 12.5. The van der Waals surface area contributed by atoms with E-state index >= 15 is 0 Å². The molecule has 3 rings (SSSR count). The van der Waals surface area contributed by atoms with Crippen LogP contribution in [0.3, 0.4) is 0 Å². The molecule has 5 nitrogen and oxygen atoms in total. The van der Waals surface area contributed by atoms with E-state index in [0.29, 0.717) is 0 Å². The molecule has 0 aliphatic rings. The molecule has 1 heterocycles. The van der Waals surface area contributed by atoms with Gasteiger partial charge in [-0.25, -0.2) is 4.98 Å². The molecular weight excluding hydrogens is 286 g/mol. The van der Waals surface area contributed by atoms with Crippen molar-refractivity contribution < 1.29 is 0 Å². The number of nitrogens with one attached hydrogen (secondary N) is 1. The highest BCUT2D eigenvalue weighted by Crippen LogP contribution is 2.24. The molecule has 0 aliphatic carbocycles. The van der Waals surface area contributed by atoms with Crippen molar-refractivity contribution in [2.75, 3.05) is 5.32 Å². The molecule has 110 valence electrons. The fourth-order valence-corrected chi connectivity index (χ4v) is 2.44. The Morgan fingerprint density at radius 1 is 1.13 bits per heavy atom. The lowest BCUT2D eigenvalue weighted by molar-refractivity contribution is 1.00. The van der Waals surface area contributed by atoms with Gasteiger partial charge in [-0.3, -0.25) is 4.57 Å². The molecule has 3 aromatic rings. The summed E-state index contributed by atoms with van der Waals surface area (Å²) in [6, 6.07) is 19.4. The highest BCUT2D eigenvalue weighted by Gasteiger charge is 2.09. The van der Waals surface area contributed by atoms with Gasteiger partial charge in [-0.2, -0.15) is 10.5 Å². The monoisotopic (exact) mass is 299 g/mol. The van der Waals surface area contributed by atoms with Crippen molar-refractivity contribution in [1.82, 2.24) is 9.55 Å². The second-order valence-electron chi connectivity index (χ2n) is 4.96. The molecule has 0 bridgehead atoms. The largest absolute Gasteiger partial charge is 0.360 e. The van der Waals surface area contributed by atoms with Gasteiger partial charge in [-0.15, -0.1) is 0 Å². The van der Waals surface area contributed by atoms with Gasteiger partial charge in [-0.05, 0) is 37.3 Å². The van der Waals surface area contributed by atoms with Crippen molar-refractivity contribution in [3.63, 3.8) is 0 Å². The third-order valence-corrected chi connectivity index (χ3v) is 3.46. The van der Waals surface area contributed by atoms with E-state index in [1.165, 1.54) is 6.20 Å². The Hall–Kier alpha value is -3.57. The van der Waals surface area contributed by atoms with Crippen molar-refractivity contribution in [2.45, 2.75) is 6.92 Å². The molecule has 1 aromatic heterocycles. The minimum atomic E-state index is 0.0242. The summed E-state index contributed by atoms with van der Waals surface area (Å²) < 4.78 is 2.09. The van der Waals surface area contributed by atoms with E-state index in [2.05, 4.69) is 14.9 Å². The van der Waals surface area contributed by atoms with E-state index in [1.807, 2.05) is 67.6 Å². The molecule has 0 fully saturated rings. The summed E-state index contributed by atoms with van der Waals surface area (Å²) in [5.41, 5.74) is 3.71. The second kappa shape index (κ2) is 6.05. The zero-order chi connectivity index (χ0) is 16.2. The van der Waals surface area contributed by atoms with Gasteiger partial charge in [0, 0.05) is 17.6 Å². The van der Waals surface area contributed by atoms with Crippen molar-refractivity contribution in [3.8, 4) is 17.8 Å². The van der Waals surface area contributed by atoms with E-state index in [9.17, 15) is 0 Å². The summed E-state index contributed by atoms with van der Waals surface area (Å²) in [6.07, 6.45) is 1.39. The van der Waals surface area contributed by atoms with Crippen molar-refractivity contribution >= 4 is 16.7 Å². The van der Waals surface area contributed by atoms with Crippen molar-refractivity contribution in [3.05, 3.63) is 66.1 Å². The predicted molar refractivity (Wildman–Crippen MR) is 88.7 cm³/mol. The predicted octanol–water partition coefficient (Wildman–Crippen LogP) is 3.68. The molecule has 0 atom stereocenters. The van der Waals surface area contributed by atoms with Crippen LogP contribution in [-0.4, -0.2) is 9.55 Å². The number of anilines is 1. The third-order valence-electron chi connectivity index (χ3n) is 3.46. The van der Waals surface area contributed by atoms with Gasteiger partial charge in [-0.1, -0.05) is 18.2 Å². The molecule has 0 amide bonds. The van der Waals surface area contributed by atoms with Gasteiger partial charge in [0.15, 0.2) is 0 Å². The van der Waals surface area contributed by atoms with Crippen LogP contribution in [0.25, 0.3) is 16.7 Å². The molecule has 1 N–H and O–H groups in total. The average Bonchev–Trinajstić information content (AvgIpc) is 2.91. The lowest BCUT2D eigenvalue weighted by Gasteiger charge is -2.07. The van der Waals surface area contributed by atoms with Gasteiger partial charge in [0.25, 0.3) is 0 Å². The first-order valence-electron chi connectivity index (χ1n) is 7.04. The maximum atomic E-state index is 8.75. The van der Waals surface area contributed by atoms with Crippen molar-refractivity contribution in [2.24, 2.45) is 0 Å². The fraction of sp³-hybridized carbons (Fsp3) is 0.0556. The van der Waals surface area contributed by atoms with E-state index in [1.54, 1.807) is 0 Å². The van der Waals surface area contributed by atoms with Gasteiger partial charge >= 0.3 is 0 Å².